The van der Waals surface area contributed by atoms with Crippen LogP contribution >= 0.6 is 0 Å². The number of halogens is 1. The SMILES string of the molecule is CC(C)(CCC(=O)O)NC(=O)C1CCCN(C(=O)c2ccc(F)cc2)C1. The molecule has 1 atom stereocenters. The molecule has 26 heavy (non-hydrogen) atoms. The first-order chi connectivity index (χ1) is 12.2. The average Bonchev–Trinajstić information content (AvgIpc) is 2.60. The van der Waals surface area contributed by atoms with Crippen LogP contribution < -0.4 is 5.32 Å². The normalized spacial score (nSPS) is 17.7. The summed E-state index contributed by atoms with van der Waals surface area (Å²) in [6, 6.07) is 5.37. The van der Waals surface area contributed by atoms with Crippen LogP contribution in [0.15, 0.2) is 24.3 Å². The van der Waals surface area contributed by atoms with E-state index in [1.807, 2.05) is 0 Å². The highest BCUT2D eigenvalue weighted by Crippen LogP contribution is 2.21. The second kappa shape index (κ2) is 8.29. The number of likely N-dealkylation sites (tertiary alicyclic amines) is 1. The maximum atomic E-state index is 13.0. The monoisotopic (exact) mass is 364 g/mol. The number of carbonyl (C=O) groups is 3. The Bertz CT molecular complexity index is 673. The van der Waals surface area contributed by atoms with Gasteiger partial charge in [-0.1, -0.05) is 0 Å². The van der Waals surface area contributed by atoms with E-state index in [4.69, 9.17) is 5.11 Å². The van der Waals surface area contributed by atoms with Gasteiger partial charge < -0.3 is 15.3 Å². The summed E-state index contributed by atoms with van der Waals surface area (Å²) < 4.78 is 13.0. The van der Waals surface area contributed by atoms with Crippen molar-refractivity contribution in [3.05, 3.63) is 35.6 Å². The lowest BCUT2D eigenvalue weighted by Gasteiger charge is -2.34. The quantitative estimate of drug-likeness (QED) is 0.812. The number of benzene rings is 1. The molecule has 142 valence electrons. The van der Waals surface area contributed by atoms with E-state index >= 15 is 0 Å². The maximum Gasteiger partial charge on any atom is 0.303 e. The van der Waals surface area contributed by atoms with Crippen molar-refractivity contribution >= 4 is 17.8 Å². The third kappa shape index (κ3) is 5.54. The summed E-state index contributed by atoms with van der Waals surface area (Å²) in [4.78, 5) is 37.5. The van der Waals surface area contributed by atoms with Gasteiger partial charge in [0.25, 0.3) is 5.91 Å². The standard InChI is InChI=1S/C19H25FN2O4/c1-19(2,10-9-16(23)24)21-17(25)14-4-3-11-22(12-14)18(26)13-5-7-15(20)8-6-13/h5-8,14H,3-4,9-12H2,1-2H3,(H,21,25)(H,23,24). The number of hydrogen-bond donors (Lipinski definition) is 2. The molecule has 6 nitrogen and oxygen atoms in total. The van der Waals surface area contributed by atoms with Crippen molar-refractivity contribution in [3.8, 4) is 0 Å². The molecule has 1 aliphatic heterocycles. The van der Waals surface area contributed by atoms with Gasteiger partial charge in [-0.25, -0.2) is 4.39 Å². The number of amides is 2. The fourth-order valence-electron chi connectivity index (χ4n) is 3.07. The van der Waals surface area contributed by atoms with E-state index in [0.717, 1.165) is 0 Å². The van der Waals surface area contributed by atoms with Gasteiger partial charge in [-0.15, -0.1) is 0 Å². The second-order valence-corrected chi connectivity index (χ2v) is 7.36. The summed E-state index contributed by atoms with van der Waals surface area (Å²) in [5.74, 6) is -2.02. The summed E-state index contributed by atoms with van der Waals surface area (Å²) in [5, 5.41) is 11.7. The molecule has 1 fully saturated rings. The molecule has 1 saturated heterocycles. The van der Waals surface area contributed by atoms with E-state index in [0.29, 0.717) is 37.9 Å². The molecule has 0 spiro atoms. The molecular weight excluding hydrogens is 339 g/mol. The minimum Gasteiger partial charge on any atom is -0.481 e. The van der Waals surface area contributed by atoms with Gasteiger partial charge in [-0.05, 0) is 57.4 Å². The number of rotatable bonds is 6. The maximum absolute atomic E-state index is 13.0. The molecule has 1 aromatic rings. The molecule has 0 aromatic heterocycles. The predicted octanol–water partition coefficient (Wildman–Crippen LogP) is 2.44. The molecule has 0 bridgehead atoms. The molecule has 2 amide bonds. The van der Waals surface area contributed by atoms with Crippen LogP contribution in [0.4, 0.5) is 4.39 Å². The first-order valence-electron chi connectivity index (χ1n) is 8.76. The van der Waals surface area contributed by atoms with Gasteiger partial charge in [0.05, 0.1) is 5.92 Å². The van der Waals surface area contributed by atoms with Crippen LogP contribution in [0.5, 0.6) is 0 Å². The summed E-state index contributed by atoms with van der Waals surface area (Å²) in [6.07, 6.45) is 1.70. The fourth-order valence-corrected chi connectivity index (χ4v) is 3.07. The Balaban J connectivity index is 1.96. The Hall–Kier alpha value is -2.44. The van der Waals surface area contributed by atoms with Crippen molar-refractivity contribution in [3.63, 3.8) is 0 Å². The average molecular weight is 364 g/mol. The number of hydrogen-bond acceptors (Lipinski definition) is 3. The molecule has 0 aliphatic carbocycles. The van der Waals surface area contributed by atoms with Crippen LogP contribution in [0.1, 0.15) is 49.9 Å². The first-order valence-corrected chi connectivity index (χ1v) is 8.76. The number of nitrogens with zero attached hydrogens (tertiary/aromatic N) is 1. The van der Waals surface area contributed by atoms with E-state index in [1.165, 1.54) is 24.3 Å². The lowest BCUT2D eigenvalue weighted by molar-refractivity contribution is -0.138. The predicted molar refractivity (Wildman–Crippen MR) is 94.1 cm³/mol. The van der Waals surface area contributed by atoms with Crippen molar-refractivity contribution in [2.75, 3.05) is 13.1 Å². The summed E-state index contributed by atoms with van der Waals surface area (Å²) in [5.41, 5.74) is -0.229. The Kier molecular flexibility index (Phi) is 6.34. The van der Waals surface area contributed by atoms with E-state index in [1.54, 1.807) is 18.7 Å². The highest BCUT2D eigenvalue weighted by molar-refractivity contribution is 5.94. The zero-order valence-electron chi connectivity index (χ0n) is 15.1. The number of piperidine rings is 1. The van der Waals surface area contributed by atoms with Crippen molar-refractivity contribution < 1.29 is 23.9 Å². The van der Waals surface area contributed by atoms with Gasteiger partial charge in [0.1, 0.15) is 5.82 Å². The topological polar surface area (TPSA) is 86.7 Å². The summed E-state index contributed by atoms with van der Waals surface area (Å²) >= 11 is 0. The van der Waals surface area contributed by atoms with Gasteiger partial charge in [0, 0.05) is 30.6 Å². The first kappa shape index (κ1) is 19.9. The molecule has 0 radical (unpaired) electrons. The largest absolute Gasteiger partial charge is 0.481 e. The Morgan fingerprint density at radius 1 is 1.27 bits per heavy atom. The molecule has 2 rings (SSSR count). The van der Waals surface area contributed by atoms with Crippen molar-refractivity contribution in [1.82, 2.24) is 10.2 Å². The van der Waals surface area contributed by atoms with Crippen LogP contribution in [0, 0.1) is 11.7 Å². The molecule has 1 aliphatic rings. The van der Waals surface area contributed by atoms with Crippen LogP contribution in [0.25, 0.3) is 0 Å². The van der Waals surface area contributed by atoms with Crippen molar-refractivity contribution in [1.29, 1.82) is 0 Å². The number of carbonyl (C=O) groups excluding carboxylic acids is 2. The molecule has 1 unspecified atom stereocenters. The third-order valence-electron chi connectivity index (χ3n) is 4.60. The smallest absolute Gasteiger partial charge is 0.303 e. The zero-order valence-corrected chi connectivity index (χ0v) is 15.1. The molecule has 7 heteroatoms. The Morgan fingerprint density at radius 3 is 2.54 bits per heavy atom. The van der Waals surface area contributed by atoms with E-state index in [9.17, 15) is 18.8 Å². The molecule has 0 saturated carbocycles. The minimum atomic E-state index is -0.902. The van der Waals surface area contributed by atoms with Crippen LogP contribution in [0.3, 0.4) is 0 Å². The summed E-state index contributed by atoms with van der Waals surface area (Å²) in [7, 11) is 0. The zero-order chi connectivity index (χ0) is 19.3. The fraction of sp³-hybridized carbons (Fsp3) is 0.526. The van der Waals surface area contributed by atoms with E-state index < -0.39 is 17.3 Å². The number of aliphatic carboxylic acids is 1. The number of carboxylic acids is 1. The number of carboxylic acid groups (broad SMARTS) is 1. The van der Waals surface area contributed by atoms with Gasteiger partial charge in [0.15, 0.2) is 0 Å². The van der Waals surface area contributed by atoms with Gasteiger partial charge in [-0.3, -0.25) is 14.4 Å². The van der Waals surface area contributed by atoms with Crippen LogP contribution in [0.2, 0.25) is 0 Å². The van der Waals surface area contributed by atoms with Gasteiger partial charge in [-0.2, -0.15) is 0 Å². The molecule has 1 heterocycles. The molecular formula is C19H25FN2O4. The van der Waals surface area contributed by atoms with Crippen molar-refractivity contribution in [2.24, 2.45) is 5.92 Å². The van der Waals surface area contributed by atoms with Crippen molar-refractivity contribution in [2.45, 2.75) is 45.1 Å². The third-order valence-corrected chi connectivity index (χ3v) is 4.60. The van der Waals surface area contributed by atoms with Gasteiger partial charge in [0.2, 0.25) is 5.91 Å². The van der Waals surface area contributed by atoms with Gasteiger partial charge >= 0.3 is 5.97 Å². The van der Waals surface area contributed by atoms with E-state index in [2.05, 4.69) is 5.32 Å². The van der Waals surface area contributed by atoms with Crippen LogP contribution in [-0.2, 0) is 9.59 Å². The van der Waals surface area contributed by atoms with Crippen LogP contribution in [-0.4, -0.2) is 46.4 Å². The highest BCUT2D eigenvalue weighted by Gasteiger charge is 2.31. The van der Waals surface area contributed by atoms with E-state index in [-0.39, 0.29) is 24.2 Å². The second-order valence-electron chi connectivity index (χ2n) is 7.36. The summed E-state index contributed by atoms with van der Waals surface area (Å²) in [6.45, 7) is 4.44. The Morgan fingerprint density at radius 2 is 1.92 bits per heavy atom. The highest BCUT2D eigenvalue weighted by atomic mass is 19.1. The molecule has 1 aromatic carbocycles. The Labute approximate surface area is 152 Å². The number of nitrogens with one attached hydrogen (secondary N) is 1. The molecule has 2 N–H and O–H groups in total. The lowest BCUT2D eigenvalue weighted by atomic mass is 9.93. The lowest BCUT2D eigenvalue weighted by Crippen LogP contribution is -2.51. The minimum absolute atomic E-state index is 0.0207.